The molecular weight excluding hydrogens is 642 g/mol. The lowest BCUT2D eigenvalue weighted by Crippen LogP contribution is -2.36. The van der Waals surface area contributed by atoms with Crippen molar-refractivity contribution in [1.29, 1.82) is 0 Å². The second-order valence-corrected chi connectivity index (χ2v) is 13.0. The summed E-state index contributed by atoms with van der Waals surface area (Å²) in [5.41, 5.74) is 11.5. The summed E-state index contributed by atoms with van der Waals surface area (Å²) < 4.78 is 55.7. The average Bonchev–Trinajstić information content (AvgIpc) is 3.67. The minimum Gasteiger partial charge on any atom is -0.388 e. The molecule has 23 heteroatoms. The Bertz CT molecular complexity index is 1910. The zero-order valence-corrected chi connectivity index (χ0v) is 25.0. The summed E-state index contributed by atoms with van der Waals surface area (Å²) in [6, 6.07) is -0.825. The first-order valence-electron chi connectivity index (χ1n) is 13.2. The molecule has 2 fully saturated rings. The molecule has 1 aliphatic carbocycles. The predicted octanol–water partition coefficient (Wildman–Crippen LogP) is -0.450. The Morgan fingerprint density at radius 3 is 2.56 bits per heavy atom. The van der Waals surface area contributed by atoms with Crippen molar-refractivity contribution in [3.63, 3.8) is 0 Å². The molecule has 0 spiro atoms. The lowest BCUT2D eigenvalue weighted by atomic mass is 10.1. The van der Waals surface area contributed by atoms with Crippen molar-refractivity contribution >= 4 is 55.9 Å². The SMILES string of the molecule is COC1COP(=O)(O)OC2C(COP(=O)(O)O[C@@H]1/C=C/n1cnc3c(=O)[nH]c(N)nc31)CC(n1cnc3c(N)ncnc31)C2O. The minimum absolute atomic E-state index is 0.0270. The van der Waals surface area contributed by atoms with E-state index < -0.39 is 70.8 Å². The number of phosphoric acid groups is 2. The maximum Gasteiger partial charge on any atom is 0.472 e. The summed E-state index contributed by atoms with van der Waals surface area (Å²) >= 11 is 0. The summed E-state index contributed by atoms with van der Waals surface area (Å²) in [6.07, 6.45) is 0.884. The van der Waals surface area contributed by atoms with Gasteiger partial charge in [-0.05, 0) is 12.5 Å². The van der Waals surface area contributed by atoms with E-state index in [1.54, 1.807) is 0 Å². The number of nitrogens with one attached hydrogen (secondary N) is 1. The zero-order valence-electron chi connectivity index (χ0n) is 23.3. The Morgan fingerprint density at radius 2 is 1.78 bits per heavy atom. The maximum atomic E-state index is 13.2. The van der Waals surface area contributed by atoms with Crippen LogP contribution in [0.2, 0.25) is 0 Å². The number of aromatic nitrogens is 8. The number of nitrogen functional groups attached to an aromatic ring is 2. The van der Waals surface area contributed by atoms with Crippen molar-refractivity contribution < 1.29 is 46.9 Å². The molecule has 1 saturated heterocycles. The molecule has 6 rings (SSSR count). The van der Waals surface area contributed by atoms with Gasteiger partial charge in [0.2, 0.25) is 5.95 Å². The summed E-state index contributed by atoms with van der Waals surface area (Å²) in [5.74, 6) is -0.972. The first kappa shape index (κ1) is 31.4. The molecular formula is C22H28N10O11P2. The van der Waals surface area contributed by atoms with E-state index >= 15 is 0 Å². The third-order valence-corrected chi connectivity index (χ3v) is 9.37. The first-order valence-corrected chi connectivity index (χ1v) is 16.2. The van der Waals surface area contributed by atoms with Gasteiger partial charge in [-0.2, -0.15) is 4.98 Å². The van der Waals surface area contributed by atoms with E-state index in [1.165, 1.54) is 47.5 Å². The van der Waals surface area contributed by atoms with E-state index in [0.29, 0.717) is 0 Å². The Morgan fingerprint density at radius 1 is 1.04 bits per heavy atom. The van der Waals surface area contributed by atoms with Gasteiger partial charge in [0.05, 0.1) is 25.6 Å². The van der Waals surface area contributed by atoms with Crippen LogP contribution in [0.1, 0.15) is 12.5 Å². The molecule has 0 bridgehead atoms. The second-order valence-electron chi connectivity index (χ2n) is 10.2. The fourth-order valence-corrected chi connectivity index (χ4v) is 7.22. The Labute approximate surface area is 252 Å². The van der Waals surface area contributed by atoms with E-state index in [0.717, 1.165) is 0 Å². The molecule has 8 atom stereocenters. The zero-order chi connectivity index (χ0) is 32.1. The number of ether oxygens (including phenoxy) is 1. The van der Waals surface area contributed by atoms with Crippen molar-refractivity contribution in [3.8, 4) is 0 Å². The van der Waals surface area contributed by atoms with Crippen molar-refractivity contribution in [3.05, 3.63) is 35.4 Å². The molecule has 7 unspecified atom stereocenters. The lowest BCUT2D eigenvalue weighted by molar-refractivity contribution is -0.0491. The molecule has 45 heavy (non-hydrogen) atoms. The number of H-pyrrole nitrogens is 1. The molecule has 1 saturated carbocycles. The van der Waals surface area contributed by atoms with Crippen molar-refractivity contribution in [1.82, 2.24) is 39.0 Å². The third kappa shape index (κ3) is 6.27. The minimum atomic E-state index is -4.88. The highest BCUT2D eigenvalue weighted by atomic mass is 31.2. The van der Waals surface area contributed by atoms with Crippen LogP contribution in [0.15, 0.2) is 29.9 Å². The number of methoxy groups -OCH3 is 1. The molecule has 2 aliphatic rings. The molecule has 21 nitrogen and oxygen atoms in total. The number of nitrogens with zero attached hydrogens (tertiary/aromatic N) is 7. The number of nitrogens with two attached hydrogens (primary N) is 2. The van der Waals surface area contributed by atoms with E-state index in [1.807, 2.05) is 0 Å². The third-order valence-electron chi connectivity index (χ3n) is 7.40. The van der Waals surface area contributed by atoms with Crippen LogP contribution in [-0.2, 0) is 32.0 Å². The van der Waals surface area contributed by atoms with E-state index in [-0.39, 0.29) is 40.5 Å². The van der Waals surface area contributed by atoms with Gasteiger partial charge in [-0.1, -0.05) is 0 Å². The van der Waals surface area contributed by atoms with Gasteiger partial charge in [0.1, 0.15) is 42.6 Å². The molecule has 0 radical (unpaired) electrons. The largest absolute Gasteiger partial charge is 0.472 e. The number of aromatic amines is 1. The van der Waals surface area contributed by atoms with Crippen molar-refractivity contribution in [2.24, 2.45) is 5.92 Å². The fourth-order valence-electron chi connectivity index (χ4n) is 5.26. The molecule has 8 N–H and O–H groups in total. The number of aliphatic hydroxyl groups excluding tert-OH is 1. The van der Waals surface area contributed by atoms with E-state index in [9.17, 15) is 28.8 Å². The van der Waals surface area contributed by atoms with E-state index in [4.69, 9.17) is 34.3 Å². The van der Waals surface area contributed by atoms with Crippen LogP contribution in [0.5, 0.6) is 0 Å². The van der Waals surface area contributed by atoms with Crippen LogP contribution < -0.4 is 17.0 Å². The average molecular weight is 670 g/mol. The number of phosphoric ester groups is 2. The van der Waals surface area contributed by atoms with Gasteiger partial charge in [0.15, 0.2) is 22.6 Å². The summed E-state index contributed by atoms with van der Waals surface area (Å²) in [7, 11) is -8.54. The standard InChI is InChI=1S/C22H28N10O11P2/c1-39-13-6-41-45(37,38)43-17-10(4-11(16(17)33)32-9-28-14-18(23)25-7-26-19(14)32)5-40-44(35,36)42-12(13)2-3-31-8-27-15-20(31)29-22(24)30-21(15)34/h2-3,7-13,16-17,33H,4-6H2,1H3,(H,35,36)(H,37,38)(H2,23,25,26)(H3,24,29,30,34)/b3-2+/t10?,11?,12-,13?,16?,17?/m1/s1. The smallest absolute Gasteiger partial charge is 0.388 e. The van der Waals surface area contributed by atoms with Gasteiger partial charge in [0.25, 0.3) is 5.56 Å². The second kappa shape index (κ2) is 12.0. The Hall–Kier alpha value is -3.62. The molecule has 1 aliphatic heterocycles. The number of imidazole rings is 2. The van der Waals surface area contributed by atoms with Gasteiger partial charge >= 0.3 is 15.6 Å². The normalized spacial score (nSPS) is 33.3. The van der Waals surface area contributed by atoms with Crippen LogP contribution in [0.25, 0.3) is 28.5 Å². The topological polar surface area (TPSA) is 300 Å². The Kier molecular flexibility index (Phi) is 8.33. The van der Waals surface area contributed by atoms with Gasteiger partial charge < -0.3 is 35.7 Å². The summed E-state index contributed by atoms with van der Waals surface area (Å²) in [4.78, 5) is 56.0. The van der Waals surface area contributed by atoms with Gasteiger partial charge in [0, 0.05) is 19.2 Å². The quantitative estimate of drug-likeness (QED) is 0.150. The number of hydrogen-bond donors (Lipinski definition) is 6. The maximum absolute atomic E-state index is 13.2. The lowest BCUT2D eigenvalue weighted by Gasteiger charge is -2.30. The van der Waals surface area contributed by atoms with Crippen LogP contribution in [0.3, 0.4) is 0 Å². The molecule has 4 aromatic heterocycles. The highest BCUT2D eigenvalue weighted by Gasteiger charge is 2.49. The van der Waals surface area contributed by atoms with Crippen LogP contribution in [0.4, 0.5) is 11.8 Å². The van der Waals surface area contributed by atoms with Gasteiger partial charge in [-0.25, -0.2) is 29.1 Å². The monoisotopic (exact) mass is 670 g/mol. The summed E-state index contributed by atoms with van der Waals surface area (Å²) in [5, 5.41) is 11.2. The molecule has 0 aromatic carbocycles. The van der Waals surface area contributed by atoms with Crippen LogP contribution in [-0.4, -0.2) is 98.7 Å². The fraction of sp³-hybridized carbons (Fsp3) is 0.455. The molecule has 0 amide bonds. The number of anilines is 2. The first-order chi connectivity index (χ1) is 21.4. The van der Waals surface area contributed by atoms with Crippen LogP contribution in [0, 0.1) is 5.92 Å². The molecule has 4 aromatic rings. The van der Waals surface area contributed by atoms with Crippen LogP contribution >= 0.6 is 15.6 Å². The van der Waals surface area contributed by atoms with Crippen molar-refractivity contribution in [2.45, 2.75) is 36.9 Å². The van der Waals surface area contributed by atoms with E-state index in [2.05, 4.69) is 29.9 Å². The highest BCUT2D eigenvalue weighted by Crippen LogP contribution is 2.53. The number of rotatable bonds is 4. The summed E-state index contributed by atoms with van der Waals surface area (Å²) in [6.45, 7) is -1.21. The van der Waals surface area contributed by atoms with Gasteiger partial charge in [-0.3, -0.25) is 32.4 Å². The highest BCUT2D eigenvalue weighted by molar-refractivity contribution is 7.47. The van der Waals surface area contributed by atoms with Gasteiger partial charge in [-0.15, -0.1) is 0 Å². The Balaban J connectivity index is 1.28. The molecule has 242 valence electrons. The molecule has 5 heterocycles. The van der Waals surface area contributed by atoms with Crippen molar-refractivity contribution in [2.75, 3.05) is 31.8 Å². The number of fused-ring (bicyclic) bond motifs is 3. The number of hydrogen-bond acceptors (Lipinski definition) is 16. The predicted molar refractivity (Wildman–Crippen MR) is 153 cm³/mol. The number of aliphatic hydroxyl groups is 1.